The maximum Gasteiger partial charge on any atom is 0.255 e. The molecule has 1 amide bonds. The number of piperazine rings is 1. The van der Waals surface area contributed by atoms with Crippen molar-refractivity contribution in [3.63, 3.8) is 0 Å². The van der Waals surface area contributed by atoms with E-state index in [1.165, 1.54) is 28.7 Å². The van der Waals surface area contributed by atoms with Gasteiger partial charge in [0, 0.05) is 32.4 Å². The zero-order valence-corrected chi connectivity index (χ0v) is 16.5. The number of hydrogen-bond acceptors (Lipinski definition) is 4. The van der Waals surface area contributed by atoms with Crippen LogP contribution >= 0.6 is 34.8 Å². The van der Waals surface area contributed by atoms with Crippen molar-refractivity contribution in [3.8, 4) is 0 Å². The molecule has 6 nitrogen and oxygen atoms in total. The molecule has 138 valence electrons. The Bertz CT molecular complexity index is 928. The second-order valence-corrected chi connectivity index (χ2v) is 8.78. The number of benzene rings is 1. The molecule has 26 heavy (non-hydrogen) atoms. The molecule has 0 unspecified atom stereocenters. The minimum atomic E-state index is -3.70. The molecule has 0 saturated carbocycles. The van der Waals surface area contributed by atoms with Gasteiger partial charge in [-0.1, -0.05) is 34.8 Å². The van der Waals surface area contributed by atoms with E-state index in [1.807, 2.05) is 0 Å². The van der Waals surface area contributed by atoms with E-state index in [-0.39, 0.29) is 47.0 Å². The first-order chi connectivity index (χ1) is 12.3. The molecule has 0 bridgehead atoms. The number of halogens is 3. The van der Waals surface area contributed by atoms with E-state index in [9.17, 15) is 13.2 Å². The summed E-state index contributed by atoms with van der Waals surface area (Å²) < 4.78 is 26.8. The van der Waals surface area contributed by atoms with Crippen molar-refractivity contribution in [1.82, 2.24) is 14.2 Å². The van der Waals surface area contributed by atoms with Crippen LogP contribution in [-0.2, 0) is 10.0 Å². The quantitative estimate of drug-likeness (QED) is 0.696. The second-order valence-electron chi connectivity index (χ2n) is 5.64. The third-order valence-electron chi connectivity index (χ3n) is 4.03. The number of aromatic nitrogens is 1. The highest BCUT2D eigenvalue weighted by Crippen LogP contribution is 2.27. The minimum absolute atomic E-state index is 0.0774. The van der Waals surface area contributed by atoms with Gasteiger partial charge in [0.15, 0.2) is 0 Å². The smallest absolute Gasteiger partial charge is 0.255 e. The second kappa shape index (κ2) is 7.70. The molecule has 0 N–H and O–H groups in total. The number of carbonyl (C=O) groups is 1. The van der Waals surface area contributed by atoms with E-state index in [1.54, 1.807) is 17.0 Å². The first-order valence-electron chi connectivity index (χ1n) is 7.65. The summed E-state index contributed by atoms with van der Waals surface area (Å²) in [5, 5.41) is 0.772. The van der Waals surface area contributed by atoms with Crippen LogP contribution in [0, 0.1) is 0 Å². The fraction of sp³-hybridized carbons (Fsp3) is 0.250. The number of hydrogen-bond donors (Lipinski definition) is 0. The normalized spacial score (nSPS) is 15.9. The molecular weight excluding hydrogens is 421 g/mol. The Kier molecular flexibility index (Phi) is 5.74. The summed E-state index contributed by atoms with van der Waals surface area (Å²) in [6.07, 6.45) is 1.41. The van der Waals surface area contributed by atoms with Crippen LogP contribution < -0.4 is 0 Å². The van der Waals surface area contributed by atoms with E-state index in [4.69, 9.17) is 34.8 Å². The van der Waals surface area contributed by atoms with Crippen LogP contribution in [0.5, 0.6) is 0 Å². The van der Waals surface area contributed by atoms with Gasteiger partial charge < -0.3 is 4.90 Å². The van der Waals surface area contributed by atoms with Crippen LogP contribution in [-0.4, -0.2) is 54.7 Å². The van der Waals surface area contributed by atoms with E-state index in [0.717, 1.165) is 0 Å². The highest BCUT2D eigenvalue weighted by molar-refractivity contribution is 7.89. The molecule has 1 aromatic heterocycles. The van der Waals surface area contributed by atoms with Crippen molar-refractivity contribution in [2.24, 2.45) is 0 Å². The first-order valence-corrected chi connectivity index (χ1v) is 10.2. The summed E-state index contributed by atoms with van der Waals surface area (Å²) in [7, 11) is -3.70. The molecule has 2 heterocycles. The molecule has 0 radical (unpaired) electrons. The monoisotopic (exact) mass is 433 g/mol. The average molecular weight is 435 g/mol. The number of nitrogens with zero attached hydrogens (tertiary/aromatic N) is 3. The summed E-state index contributed by atoms with van der Waals surface area (Å²) in [5.41, 5.74) is 0.412. The van der Waals surface area contributed by atoms with Gasteiger partial charge in [0.2, 0.25) is 10.0 Å². The Balaban J connectivity index is 1.70. The fourth-order valence-electron chi connectivity index (χ4n) is 2.60. The van der Waals surface area contributed by atoms with Gasteiger partial charge in [-0.05, 0) is 30.3 Å². The summed E-state index contributed by atoms with van der Waals surface area (Å²) in [6, 6.07) is 7.33. The maximum atomic E-state index is 12.7. The SMILES string of the molecule is O=C(c1ccc(Cl)nc1)N1CCN(S(=O)(=O)c2ccc(Cl)c(Cl)c2)CC1. The lowest BCUT2D eigenvalue weighted by Gasteiger charge is -2.34. The fourth-order valence-corrected chi connectivity index (χ4v) is 4.53. The molecule has 1 aliphatic rings. The lowest BCUT2D eigenvalue weighted by atomic mass is 10.2. The van der Waals surface area contributed by atoms with E-state index >= 15 is 0 Å². The predicted molar refractivity (Wildman–Crippen MR) is 100 cm³/mol. The lowest BCUT2D eigenvalue weighted by molar-refractivity contribution is 0.0697. The van der Waals surface area contributed by atoms with Gasteiger partial charge in [0.05, 0.1) is 20.5 Å². The molecule has 0 spiro atoms. The highest BCUT2D eigenvalue weighted by Gasteiger charge is 2.30. The Hall–Kier alpha value is -1.38. The molecule has 0 aliphatic carbocycles. The number of carbonyl (C=O) groups excluding carboxylic acids is 1. The van der Waals surface area contributed by atoms with E-state index in [2.05, 4.69) is 4.98 Å². The third-order valence-corrected chi connectivity index (χ3v) is 6.89. The summed E-state index contributed by atoms with van der Waals surface area (Å²) in [6.45, 7) is 0.939. The van der Waals surface area contributed by atoms with Crippen molar-refractivity contribution in [1.29, 1.82) is 0 Å². The van der Waals surface area contributed by atoms with Crippen LogP contribution in [0.3, 0.4) is 0 Å². The lowest BCUT2D eigenvalue weighted by Crippen LogP contribution is -2.50. The van der Waals surface area contributed by atoms with Crippen molar-refractivity contribution < 1.29 is 13.2 Å². The van der Waals surface area contributed by atoms with Gasteiger partial charge in [0.1, 0.15) is 5.15 Å². The van der Waals surface area contributed by atoms with Crippen LogP contribution in [0.4, 0.5) is 0 Å². The average Bonchev–Trinajstić information content (AvgIpc) is 2.64. The Labute approximate surface area is 166 Å². The molecule has 1 aliphatic heterocycles. The van der Waals surface area contributed by atoms with E-state index in [0.29, 0.717) is 10.7 Å². The molecular formula is C16H14Cl3N3O3S. The molecule has 0 atom stereocenters. The van der Waals surface area contributed by atoms with Crippen LogP contribution in [0.25, 0.3) is 0 Å². The van der Waals surface area contributed by atoms with E-state index < -0.39 is 10.0 Å². The van der Waals surface area contributed by atoms with Crippen molar-refractivity contribution in [2.75, 3.05) is 26.2 Å². The van der Waals surface area contributed by atoms with Crippen molar-refractivity contribution in [2.45, 2.75) is 4.90 Å². The number of rotatable bonds is 3. The molecule has 1 saturated heterocycles. The van der Waals surface area contributed by atoms with Crippen molar-refractivity contribution in [3.05, 3.63) is 57.3 Å². The Morgan fingerprint density at radius 1 is 0.962 bits per heavy atom. The molecule has 1 aromatic carbocycles. The van der Waals surface area contributed by atoms with Crippen molar-refractivity contribution >= 4 is 50.7 Å². The van der Waals surface area contributed by atoms with Crippen LogP contribution in [0.15, 0.2) is 41.4 Å². The van der Waals surface area contributed by atoms with Gasteiger partial charge >= 0.3 is 0 Å². The zero-order chi connectivity index (χ0) is 18.9. The van der Waals surface area contributed by atoms with Gasteiger partial charge in [0.25, 0.3) is 5.91 Å². The molecule has 3 rings (SSSR count). The molecule has 10 heteroatoms. The topological polar surface area (TPSA) is 70.6 Å². The van der Waals surface area contributed by atoms with Gasteiger partial charge in [-0.2, -0.15) is 4.31 Å². The van der Waals surface area contributed by atoms with Gasteiger partial charge in [-0.3, -0.25) is 4.79 Å². The highest BCUT2D eigenvalue weighted by atomic mass is 35.5. The number of pyridine rings is 1. The summed E-state index contributed by atoms with van der Waals surface area (Å²) in [4.78, 5) is 18.0. The Morgan fingerprint density at radius 3 is 2.23 bits per heavy atom. The number of sulfonamides is 1. The molecule has 1 fully saturated rings. The molecule has 2 aromatic rings. The minimum Gasteiger partial charge on any atom is -0.336 e. The summed E-state index contributed by atoms with van der Waals surface area (Å²) in [5.74, 6) is -0.208. The number of amides is 1. The third kappa shape index (κ3) is 3.97. The predicted octanol–water partition coefficient (Wildman–Crippen LogP) is 3.19. The standard InChI is InChI=1S/C16H14Cl3N3O3S/c17-13-3-2-12(9-14(13)18)26(24,25)22-7-5-21(6-8-22)16(23)11-1-4-15(19)20-10-11/h1-4,9-10H,5-8H2. The van der Waals surface area contributed by atoms with Crippen LogP contribution in [0.2, 0.25) is 15.2 Å². The maximum absolute atomic E-state index is 12.7. The van der Waals surface area contributed by atoms with Crippen LogP contribution in [0.1, 0.15) is 10.4 Å². The van der Waals surface area contributed by atoms with Gasteiger partial charge in [-0.15, -0.1) is 0 Å². The zero-order valence-electron chi connectivity index (χ0n) is 13.4. The van der Waals surface area contributed by atoms with Gasteiger partial charge in [-0.25, -0.2) is 13.4 Å². The Morgan fingerprint density at radius 2 is 1.65 bits per heavy atom. The summed E-state index contributed by atoms with van der Waals surface area (Å²) >= 11 is 17.5. The first kappa shape index (κ1) is 19.4. The largest absolute Gasteiger partial charge is 0.336 e.